The van der Waals surface area contributed by atoms with E-state index in [9.17, 15) is 19.8 Å². The summed E-state index contributed by atoms with van der Waals surface area (Å²) in [7, 11) is -1.37. The molecule has 0 aromatic rings. The molecule has 0 amide bonds. The summed E-state index contributed by atoms with van der Waals surface area (Å²) in [5.41, 5.74) is 0. The average Bonchev–Trinajstić information content (AvgIpc) is 2.29. The zero-order valence-corrected chi connectivity index (χ0v) is 12.6. The number of carbonyl (C=O) groups is 2. The summed E-state index contributed by atoms with van der Waals surface area (Å²) < 4.78 is 0. The fourth-order valence-electron chi connectivity index (χ4n) is 2.05. The maximum Gasteiger partial charge on any atom is 0.332 e. The first-order valence-electron chi connectivity index (χ1n) is 6.58. The van der Waals surface area contributed by atoms with Crippen LogP contribution in [0.3, 0.4) is 0 Å². The SMILES string of the molecule is CCCC[SiH2]C(O)(C(=O)O)C(CCCC)C(=O)O. The molecule has 6 heteroatoms. The Bertz CT molecular complexity index is 282. The lowest BCUT2D eigenvalue weighted by Crippen LogP contribution is -2.54. The molecule has 0 radical (unpaired) electrons. The second-order valence-corrected chi connectivity index (χ2v) is 7.00. The van der Waals surface area contributed by atoms with E-state index in [0.29, 0.717) is 12.5 Å². The van der Waals surface area contributed by atoms with Gasteiger partial charge >= 0.3 is 11.9 Å². The van der Waals surface area contributed by atoms with Gasteiger partial charge in [-0.2, -0.15) is 0 Å². The summed E-state index contributed by atoms with van der Waals surface area (Å²) in [6.07, 6.45) is 3.41. The quantitative estimate of drug-likeness (QED) is 0.409. The van der Waals surface area contributed by atoms with E-state index in [1.807, 2.05) is 13.8 Å². The Morgan fingerprint density at radius 3 is 2.11 bits per heavy atom. The predicted octanol–water partition coefficient (Wildman–Crippen LogP) is 1.04. The number of hydrogen-bond acceptors (Lipinski definition) is 3. The molecule has 0 rings (SSSR count). The molecule has 0 aliphatic carbocycles. The predicted molar refractivity (Wildman–Crippen MR) is 71.5 cm³/mol. The van der Waals surface area contributed by atoms with Gasteiger partial charge in [-0.15, -0.1) is 0 Å². The van der Waals surface area contributed by atoms with E-state index in [-0.39, 0.29) is 6.42 Å². The van der Waals surface area contributed by atoms with Crippen LogP contribution in [0.4, 0.5) is 0 Å². The van der Waals surface area contributed by atoms with E-state index < -0.39 is 32.6 Å². The number of hydrogen-bond donors (Lipinski definition) is 3. The van der Waals surface area contributed by atoms with E-state index in [4.69, 9.17) is 5.11 Å². The molecule has 0 aliphatic heterocycles. The molecular weight excluding hydrogens is 252 g/mol. The molecule has 0 saturated carbocycles. The summed E-state index contributed by atoms with van der Waals surface area (Å²) in [5, 5.41) is 26.6. The van der Waals surface area contributed by atoms with Gasteiger partial charge in [0.2, 0.25) is 0 Å². The molecular formula is C12H24O5Si. The van der Waals surface area contributed by atoms with Gasteiger partial charge in [0.15, 0.2) is 5.22 Å². The highest BCUT2D eigenvalue weighted by Crippen LogP contribution is 2.25. The van der Waals surface area contributed by atoms with Crippen molar-refractivity contribution in [2.45, 2.75) is 57.2 Å². The molecule has 0 aromatic carbocycles. The summed E-state index contributed by atoms with van der Waals surface area (Å²) in [6, 6.07) is 0.662. The van der Waals surface area contributed by atoms with E-state index >= 15 is 0 Å². The van der Waals surface area contributed by atoms with Crippen molar-refractivity contribution in [2.75, 3.05) is 0 Å². The minimum Gasteiger partial charge on any atom is -0.481 e. The highest BCUT2D eigenvalue weighted by Gasteiger charge is 2.47. The lowest BCUT2D eigenvalue weighted by Gasteiger charge is -2.29. The van der Waals surface area contributed by atoms with Crippen LogP contribution in [0.15, 0.2) is 0 Å². The zero-order valence-electron chi connectivity index (χ0n) is 11.2. The van der Waals surface area contributed by atoms with E-state index in [0.717, 1.165) is 19.3 Å². The van der Waals surface area contributed by atoms with Crippen molar-refractivity contribution in [1.29, 1.82) is 0 Å². The van der Waals surface area contributed by atoms with Crippen LogP contribution in [-0.4, -0.2) is 42.0 Å². The van der Waals surface area contributed by atoms with Gasteiger partial charge in [0, 0.05) is 0 Å². The second kappa shape index (κ2) is 8.26. The van der Waals surface area contributed by atoms with Crippen LogP contribution in [0.2, 0.25) is 6.04 Å². The molecule has 106 valence electrons. The van der Waals surface area contributed by atoms with Gasteiger partial charge in [-0.1, -0.05) is 45.6 Å². The standard InChI is InChI=1S/C12H24O5Si/c1-3-5-7-9(10(13)14)12(17,11(15)16)18-8-6-4-2/h9,17H,3-8,18H2,1-2H3,(H,13,14)(H,15,16). The maximum atomic E-state index is 11.2. The van der Waals surface area contributed by atoms with Crippen molar-refractivity contribution in [2.24, 2.45) is 5.92 Å². The third kappa shape index (κ3) is 4.78. The van der Waals surface area contributed by atoms with E-state index in [2.05, 4.69) is 0 Å². The van der Waals surface area contributed by atoms with Crippen LogP contribution in [0, 0.1) is 5.92 Å². The molecule has 18 heavy (non-hydrogen) atoms. The molecule has 5 nitrogen and oxygen atoms in total. The summed E-state index contributed by atoms with van der Waals surface area (Å²) in [5.74, 6) is -3.73. The molecule has 0 spiro atoms. The smallest absolute Gasteiger partial charge is 0.332 e. The molecule has 0 bridgehead atoms. The zero-order chi connectivity index (χ0) is 14.2. The summed E-state index contributed by atoms with van der Waals surface area (Å²) in [6.45, 7) is 3.90. The Kier molecular flexibility index (Phi) is 7.85. The monoisotopic (exact) mass is 276 g/mol. The van der Waals surface area contributed by atoms with Gasteiger partial charge in [-0.25, -0.2) is 4.79 Å². The normalized spacial score (nSPS) is 16.6. The van der Waals surface area contributed by atoms with E-state index in [1.165, 1.54) is 0 Å². The van der Waals surface area contributed by atoms with Crippen LogP contribution < -0.4 is 0 Å². The van der Waals surface area contributed by atoms with Gasteiger partial charge in [0.05, 0.1) is 15.4 Å². The van der Waals surface area contributed by atoms with Crippen molar-refractivity contribution in [3.63, 3.8) is 0 Å². The second-order valence-electron chi connectivity index (χ2n) is 4.72. The number of carboxylic acid groups (broad SMARTS) is 2. The minimum absolute atomic E-state index is 0.230. The molecule has 0 saturated heterocycles. The number of aliphatic hydroxyl groups is 1. The van der Waals surface area contributed by atoms with Crippen LogP contribution in [0.5, 0.6) is 0 Å². The first kappa shape index (κ1) is 17.1. The molecule has 2 atom stereocenters. The molecule has 0 fully saturated rings. The third-order valence-corrected chi connectivity index (χ3v) is 5.66. The largest absolute Gasteiger partial charge is 0.481 e. The Balaban J connectivity index is 4.87. The van der Waals surface area contributed by atoms with Crippen molar-refractivity contribution < 1.29 is 24.9 Å². The lowest BCUT2D eigenvalue weighted by atomic mass is 9.95. The fraction of sp³-hybridized carbons (Fsp3) is 0.833. The molecule has 0 aliphatic rings. The van der Waals surface area contributed by atoms with E-state index in [1.54, 1.807) is 0 Å². The number of rotatable bonds is 10. The van der Waals surface area contributed by atoms with Gasteiger partial charge in [0.25, 0.3) is 0 Å². The van der Waals surface area contributed by atoms with Gasteiger partial charge in [-0.05, 0) is 6.42 Å². The van der Waals surface area contributed by atoms with Crippen LogP contribution in [0.1, 0.15) is 46.0 Å². The Morgan fingerprint density at radius 2 is 1.72 bits per heavy atom. The average molecular weight is 276 g/mol. The van der Waals surface area contributed by atoms with Crippen LogP contribution in [-0.2, 0) is 9.59 Å². The number of unbranched alkanes of at least 4 members (excludes halogenated alkanes) is 2. The topological polar surface area (TPSA) is 94.8 Å². The van der Waals surface area contributed by atoms with Gasteiger partial charge in [0.1, 0.15) is 0 Å². The first-order valence-corrected chi connectivity index (χ1v) is 8.29. The highest BCUT2D eigenvalue weighted by atomic mass is 28.2. The van der Waals surface area contributed by atoms with Gasteiger partial charge in [-0.3, -0.25) is 4.79 Å². The minimum atomic E-state index is -2.00. The molecule has 2 unspecified atom stereocenters. The molecule has 0 heterocycles. The number of carboxylic acids is 2. The lowest BCUT2D eigenvalue weighted by molar-refractivity contribution is -0.164. The van der Waals surface area contributed by atoms with Gasteiger partial charge < -0.3 is 15.3 Å². The highest BCUT2D eigenvalue weighted by molar-refractivity contribution is 6.46. The van der Waals surface area contributed by atoms with Crippen molar-refractivity contribution in [3.05, 3.63) is 0 Å². The number of aliphatic carboxylic acids is 2. The van der Waals surface area contributed by atoms with Crippen molar-refractivity contribution in [3.8, 4) is 0 Å². The Hall–Kier alpha value is -0.883. The Morgan fingerprint density at radius 1 is 1.17 bits per heavy atom. The molecule has 0 aromatic heterocycles. The summed E-state index contributed by atoms with van der Waals surface area (Å²) in [4.78, 5) is 22.4. The van der Waals surface area contributed by atoms with Crippen molar-refractivity contribution >= 4 is 21.5 Å². The van der Waals surface area contributed by atoms with Crippen LogP contribution >= 0.6 is 0 Å². The Labute approximate surface area is 110 Å². The fourth-order valence-corrected chi connectivity index (χ4v) is 4.28. The summed E-state index contributed by atoms with van der Waals surface area (Å²) >= 11 is 0. The third-order valence-electron chi connectivity index (χ3n) is 3.25. The van der Waals surface area contributed by atoms with Crippen molar-refractivity contribution in [1.82, 2.24) is 0 Å². The maximum absolute atomic E-state index is 11.2. The first-order chi connectivity index (χ1) is 8.40. The van der Waals surface area contributed by atoms with Crippen LogP contribution in [0.25, 0.3) is 0 Å². The molecule has 3 N–H and O–H groups in total.